The van der Waals surface area contributed by atoms with Gasteiger partial charge in [0.2, 0.25) is 0 Å². The van der Waals surface area contributed by atoms with Crippen LogP contribution >= 0.6 is 15.9 Å². The number of halogens is 1. The molecule has 1 N–H and O–H groups in total. The Morgan fingerprint density at radius 1 is 1.21 bits per heavy atom. The molecule has 0 aliphatic carbocycles. The zero-order chi connectivity index (χ0) is 13.2. The largest absolute Gasteiger partial charge is 0.493 e. The van der Waals surface area contributed by atoms with Crippen molar-refractivity contribution in [1.29, 1.82) is 0 Å². The predicted octanol–water partition coefficient (Wildman–Crippen LogP) is 4.56. The summed E-state index contributed by atoms with van der Waals surface area (Å²) in [5.41, 5.74) is 3.73. The Balaban J connectivity index is 1.81. The number of nitrogens with one attached hydrogen (secondary N) is 1. The van der Waals surface area contributed by atoms with Crippen LogP contribution in [0.4, 0.5) is 5.69 Å². The number of rotatable bonds is 3. The van der Waals surface area contributed by atoms with E-state index in [4.69, 9.17) is 4.74 Å². The van der Waals surface area contributed by atoms with E-state index in [1.54, 1.807) is 0 Å². The minimum absolute atomic E-state index is 0.268. The van der Waals surface area contributed by atoms with Gasteiger partial charge in [0, 0.05) is 22.6 Å². The van der Waals surface area contributed by atoms with E-state index in [9.17, 15) is 0 Å². The molecule has 0 spiro atoms. The molecular formula is C16H16BrNO. The molecule has 1 aliphatic rings. The molecule has 0 saturated heterocycles. The lowest BCUT2D eigenvalue weighted by atomic mass is 10.0. The fraction of sp³-hybridized carbons (Fsp3) is 0.250. The van der Waals surface area contributed by atoms with Crippen LogP contribution in [0.2, 0.25) is 0 Å². The summed E-state index contributed by atoms with van der Waals surface area (Å²) < 4.78 is 6.63. The van der Waals surface area contributed by atoms with Gasteiger partial charge < -0.3 is 10.1 Å². The van der Waals surface area contributed by atoms with Crippen LogP contribution in [0.15, 0.2) is 46.9 Å². The predicted molar refractivity (Wildman–Crippen MR) is 81.8 cm³/mol. The molecule has 1 atom stereocenters. The van der Waals surface area contributed by atoms with Crippen molar-refractivity contribution in [3.63, 3.8) is 0 Å². The van der Waals surface area contributed by atoms with E-state index in [-0.39, 0.29) is 6.04 Å². The summed E-state index contributed by atoms with van der Waals surface area (Å²) in [5, 5.41) is 3.53. The van der Waals surface area contributed by atoms with Crippen LogP contribution in [0.5, 0.6) is 5.75 Å². The van der Waals surface area contributed by atoms with Gasteiger partial charge in [-0.2, -0.15) is 0 Å². The van der Waals surface area contributed by atoms with E-state index in [1.807, 2.05) is 18.2 Å². The maximum atomic E-state index is 5.54. The molecule has 0 fully saturated rings. The van der Waals surface area contributed by atoms with Gasteiger partial charge in [-0.05, 0) is 58.2 Å². The molecule has 1 heterocycles. The average Bonchev–Trinajstić information content (AvgIpc) is 2.88. The summed E-state index contributed by atoms with van der Waals surface area (Å²) >= 11 is 3.56. The highest BCUT2D eigenvalue weighted by atomic mass is 79.9. The van der Waals surface area contributed by atoms with Crippen molar-refractivity contribution in [2.75, 3.05) is 11.9 Å². The van der Waals surface area contributed by atoms with Crippen LogP contribution in [0, 0.1) is 0 Å². The van der Waals surface area contributed by atoms with Crippen LogP contribution in [0.3, 0.4) is 0 Å². The summed E-state index contributed by atoms with van der Waals surface area (Å²) in [5.74, 6) is 1.04. The van der Waals surface area contributed by atoms with Gasteiger partial charge in [0.15, 0.2) is 0 Å². The minimum atomic E-state index is 0.268. The molecule has 2 aromatic carbocycles. The van der Waals surface area contributed by atoms with Crippen molar-refractivity contribution in [3.8, 4) is 5.75 Å². The Hall–Kier alpha value is -1.48. The van der Waals surface area contributed by atoms with Gasteiger partial charge in [0.05, 0.1) is 6.61 Å². The number of ether oxygens (including phenoxy) is 1. The van der Waals surface area contributed by atoms with Crippen molar-refractivity contribution >= 4 is 21.6 Å². The number of para-hydroxylation sites is 1. The molecule has 1 unspecified atom stereocenters. The Bertz CT molecular complexity index is 597. The van der Waals surface area contributed by atoms with Crippen LogP contribution in [-0.2, 0) is 6.42 Å². The van der Waals surface area contributed by atoms with E-state index >= 15 is 0 Å². The molecule has 19 heavy (non-hydrogen) atoms. The molecule has 0 aromatic heterocycles. The van der Waals surface area contributed by atoms with E-state index < -0.39 is 0 Å². The van der Waals surface area contributed by atoms with Gasteiger partial charge in [0.1, 0.15) is 5.75 Å². The summed E-state index contributed by atoms with van der Waals surface area (Å²) in [6.07, 6.45) is 1.02. The first-order chi connectivity index (χ1) is 9.24. The second-order valence-corrected chi connectivity index (χ2v) is 5.67. The molecule has 0 saturated carbocycles. The fourth-order valence-corrected chi connectivity index (χ4v) is 2.77. The Morgan fingerprint density at radius 3 is 2.89 bits per heavy atom. The monoisotopic (exact) mass is 317 g/mol. The SMILES string of the molecule is CC(Nc1ccccc1Br)c1ccc2c(c1)CCO2. The molecular weight excluding hydrogens is 302 g/mol. The second-order valence-electron chi connectivity index (χ2n) is 4.81. The standard InChI is InChI=1S/C16H16BrNO/c1-11(18-15-5-3-2-4-14(15)17)12-6-7-16-13(10-12)8-9-19-16/h2-7,10-11,18H,8-9H2,1H3. The number of hydrogen-bond donors (Lipinski definition) is 1. The van der Waals surface area contributed by atoms with Crippen molar-refractivity contribution < 1.29 is 4.74 Å². The van der Waals surface area contributed by atoms with Crippen LogP contribution in [0.25, 0.3) is 0 Å². The highest BCUT2D eigenvalue weighted by Crippen LogP contribution is 2.30. The van der Waals surface area contributed by atoms with Crippen molar-refractivity contribution in [2.24, 2.45) is 0 Å². The van der Waals surface area contributed by atoms with Crippen LogP contribution < -0.4 is 10.1 Å². The molecule has 2 nitrogen and oxygen atoms in total. The molecule has 3 heteroatoms. The van der Waals surface area contributed by atoms with Crippen molar-refractivity contribution in [3.05, 3.63) is 58.1 Å². The lowest BCUT2D eigenvalue weighted by Crippen LogP contribution is -2.07. The quantitative estimate of drug-likeness (QED) is 0.896. The van der Waals surface area contributed by atoms with Gasteiger partial charge in [-0.1, -0.05) is 18.2 Å². The minimum Gasteiger partial charge on any atom is -0.493 e. The Kier molecular flexibility index (Phi) is 3.47. The molecule has 0 amide bonds. The number of fused-ring (bicyclic) bond motifs is 1. The van der Waals surface area contributed by atoms with Crippen LogP contribution in [-0.4, -0.2) is 6.61 Å². The van der Waals surface area contributed by atoms with E-state index in [0.29, 0.717) is 0 Å². The summed E-state index contributed by atoms with van der Waals surface area (Å²) in [4.78, 5) is 0. The van der Waals surface area contributed by atoms with E-state index in [1.165, 1.54) is 11.1 Å². The first-order valence-corrected chi connectivity index (χ1v) is 7.30. The van der Waals surface area contributed by atoms with Crippen LogP contribution in [0.1, 0.15) is 24.1 Å². The molecule has 98 valence electrons. The summed E-state index contributed by atoms with van der Waals surface area (Å²) in [6.45, 7) is 2.99. The van der Waals surface area contributed by atoms with Crippen molar-refractivity contribution in [2.45, 2.75) is 19.4 Å². The first kappa shape index (κ1) is 12.5. The first-order valence-electron chi connectivity index (χ1n) is 6.51. The third-order valence-electron chi connectivity index (χ3n) is 3.46. The van der Waals surface area contributed by atoms with E-state index in [2.05, 4.69) is 52.4 Å². The fourth-order valence-electron chi connectivity index (χ4n) is 2.37. The maximum Gasteiger partial charge on any atom is 0.122 e. The molecule has 1 aliphatic heterocycles. The lowest BCUT2D eigenvalue weighted by molar-refractivity contribution is 0.357. The molecule has 0 bridgehead atoms. The van der Waals surface area contributed by atoms with Gasteiger partial charge in [-0.15, -0.1) is 0 Å². The Labute approximate surface area is 121 Å². The van der Waals surface area contributed by atoms with Crippen molar-refractivity contribution in [1.82, 2.24) is 0 Å². The molecule has 3 rings (SSSR count). The van der Waals surface area contributed by atoms with Gasteiger partial charge in [-0.25, -0.2) is 0 Å². The average molecular weight is 318 g/mol. The number of benzene rings is 2. The zero-order valence-corrected chi connectivity index (χ0v) is 12.4. The smallest absolute Gasteiger partial charge is 0.122 e. The highest BCUT2D eigenvalue weighted by molar-refractivity contribution is 9.10. The number of anilines is 1. The normalized spacial score (nSPS) is 14.6. The second kappa shape index (κ2) is 5.25. The van der Waals surface area contributed by atoms with Gasteiger partial charge in [0.25, 0.3) is 0 Å². The zero-order valence-electron chi connectivity index (χ0n) is 10.8. The summed E-state index contributed by atoms with van der Waals surface area (Å²) in [6, 6.07) is 14.9. The Morgan fingerprint density at radius 2 is 2.05 bits per heavy atom. The highest BCUT2D eigenvalue weighted by Gasteiger charge is 2.14. The molecule has 2 aromatic rings. The van der Waals surface area contributed by atoms with Gasteiger partial charge in [-0.3, -0.25) is 0 Å². The molecule has 0 radical (unpaired) electrons. The lowest BCUT2D eigenvalue weighted by Gasteiger charge is -2.17. The maximum absolute atomic E-state index is 5.54. The number of hydrogen-bond acceptors (Lipinski definition) is 2. The third kappa shape index (κ3) is 2.61. The van der Waals surface area contributed by atoms with Gasteiger partial charge >= 0.3 is 0 Å². The summed E-state index contributed by atoms with van der Waals surface area (Å²) in [7, 11) is 0. The topological polar surface area (TPSA) is 21.3 Å². The van der Waals surface area contributed by atoms with E-state index in [0.717, 1.165) is 28.9 Å². The third-order valence-corrected chi connectivity index (χ3v) is 4.15.